The molecule has 0 unspecified atom stereocenters. The van der Waals surface area contributed by atoms with Crippen molar-refractivity contribution < 1.29 is 5.11 Å². The monoisotopic (exact) mass is 162 g/mol. The van der Waals surface area contributed by atoms with Gasteiger partial charge in [0.15, 0.2) is 0 Å². The molecule has 7 heavy (non-hydrogen) atoms. The van der Waals surface area contributed by atoms with Crippen LogP contribution in [0, 0.1) is 6.42 Å². The smallest absolute Gasteiger partial charge is 0.0998 e. The first-order valence-electron chi connectivity index (χ1n) is 1.91. The Labute approximate surface area is 52.2 Å². The molecule has 0 aromatic heterocycles. The molecule has 0 amide bonds. The van der Waals surface area contributed by atoms with E-state index in [-0.39, 0.29) is 5.76 Å². The fourth-order valence-corrected chi connectivity index (χ4v) is 0.181. The van der Waals surface area contributed by atoms with Crippen LogP contribution >= 0.6 is 15.9 Å². The number of hydrogen-bond acceptors (Lipinski definition) is 1. The van der Waals surface area contributed by atoms with Gasteiger partial charge in [0.25, 0.3) is 0 Å². The summed E-state index contributed by atoms with van der Waals surface area (Å²) in [5, 5.41) is 8.59. The average molecular weight is 163 g/mol. The second-order valence-electron chi connectivity index (χ2n) is 1.15. The van der Waals surface area contributed by atoms with E-state index >= 15 is 0 Å². The van der Waals surface area contributed by atoms with E-state index in [1.807, 2.05) is 0 Å². The Kier molecular flexibility index (Phi) is 3.09. The summed E-state index contributed by atoms with van der Waals surface area (Å²) in [6, 6.07) is 0. The summed E-state index contributed by atoms with van der Waals surface area (Å²) in [7, 11) is 0. The molecule has 0 aliphatic heterocycles. The van der Waals surface area contributed by atoms with Crippen molar-refractivity contribution in [3.8, 4) is 0 Å². The molecule has 0 aromatic carbocycles. The molecule has 0 fully saturated rings. The van der Waals surface area contributed by atoms with E-state index in [4.69, 9.17) is 5.11 Å². The van der Waals surface area contributed by atoms with E-state index < -0.39 is 0 Å². The minimum atomic E-state index is 0.266. The number of halogens is 1. The molecule has 0 aromatic rings. The number of aliphatic hydroxyl groups is 1. The maximum atomic E-state index is 8.59. The van der Waals surface area contributed by atoms with Gasteiger partial charge in [-0.1, -0.05) is 22.9 Å². The van der Waals surface area contributed by atoms with Crippen molar-refractivity contribution in [1.82, 2.24) is 0 Å². The Morgan fingerprint density at radius 2 is 2.14 bits per heavy atom. The standard InChI is InChI=1S/C5H7BrO/c1-3-5(6)4(2)7/h7H,1-2H3/b5-4+. The first-order valence-corrected chi connectivity index (χ1v) is 2.71. The second-order valence-corrected chi connectivity index (χ2v) is 1.94. The SMILES string of the molecule is C[C]/C(Br)=C(/C)O. The van der Waals surface area contributed by atoms with Crippen molar-refractivity contribution in [1.29, 1.82) is 0 Å². The zero-order valence-corrected chi connectivity index (χ0v) is 5.91. The third-order valence-corrected chi connectivity index (χ3v) is 1.51. The number of allylic oxidation sites excluding steroid dienone is 2. The maximum absolute atomic E-state index is 8.59. The molecule has 0 aliphatic carbocycles. The number of hydrogen-bond donors (Lipinski definition) is 1. The molecule has 0 saturated carbocycles. The predicted molar refractivity (Wildman–Crippen MR) is 33.2 cm³/mol. The lowest BCUT2D eigenvalue weighted by Gasteiger charge is -1.90. The first kappa shape index (κ1) is 7.02. The fraction of sp³-hybridized carbons (Fsp3) is 0.400. The summed E-state index contributed by atoms with van der Waals surface area (Å²) >= 11 is 3.06. The molecule has 2 radical (unpaired) electrons. The lowest BCUT2D eigenvalue weighted by Crippen LogP contribution is -1.74. The number of rotatable bonds is 1. The van der Waals surface area contributed by atoms with Crippen molar-refractivity contribution in [2.75, 3.05) is 0 Å². The van der Waals surface area contributed by atoms with E-state index in [2.05, 4.69) is 22.4 Å². The van der Waals surface area contributed by atoms with Crippen LogP contribution in [0.3, 0.4) is 0 Å². The molecule has 0 saturated heterocycles. The van der Waals surface area contributed by atoms with Gasteiger partial charge in [0.2, 0.25) is 0 Å². The van der Waals surface area contributed by atoms with Crippen LogP contribution in [0.1, 0.15) is 13.8 Å². The Hall–Kier alpha value is 0.0200. The van der Waals surface area contributed by atoms with Crippen LogP contribution in [0.15, 0.2) is 10.2 Å². The van der Waals surface area contributed by atoms with Crippen LogP contribution in [0.4, 0.5) is 0 Å². The van der Waals surface area contributed by atoms with Crippen molar-refractivity contribution in [3.05, 3.63) is 16.7 Å². The topological polar surface area (TPSA) is 20.2 Å². The molecule has 0 atom stereocenters. The van der Waals surface area contributed by atoms with Crippen LogP contribution in [-0.4, -0.2) is 5.11 Å². The van der Waals surface area contributed by atoms with Gasteiger partial charge in [-0.2, -0.15) is 0 Å². The minimum Gasteiger partial charge on any atom is -0.512 e. The molecular weight excluding hydrogens is 156 g/mol. The van der Waals surface area contributed by atoms with Gasteiger partial charge in [0.05, 0.1) is 5.76 Å². The summed E-state index contributed by atoms with van der Waals surface area (Å²) in [4.78, 5) is 0. The normalized spacial score (nSPS) is 13.6. The van der Waals surface area contributed by atoms with Gasteiger partial charge in [-0.05, 0) is 6.92 Å². The van der Waals surface area contributed by atoms with Gasteiger partial charge in [-0.3, -0.25) is 0 Å². The summed E-state index contributed by atoms with van der Waals surface area (Å²) in [5.41, 5.74) is 0. The Bertz CT molecular complexity index is 82.1. The Morgan fingerprint density at radius 1 is 1.71 bits per heavy atom. The third kappa shape index (κ3) is 2.68. The summed E-state index contributed by atoms with van der Waals surface area (Å²) < 4.78 is 0.632. The van der Waals surface area contributed by atoms with E-state index in [9.17, 15) is 0 Å². The molecular formula is C5H7BrO. The molecule has 0 bridgehead atoms. The zero-order chi connectivity index (χ0) is 5.86. The first-order chi connectivity index (χ1) is 3.18. The van der Waals surface area contributed by atoms with Crippen molar-refractivity contribution in [2.45, 2.75) is 13.8 Å². The minimum absolute atomic E-state index is 0.266. The lowest BCUT2D eigenvalue weighted by atomic mass is 10.4. The quantitative estimate of drug-likeness (QED) is 0.587. The molecule has 0 heterocycles. The highest BCUT2D eigenvalue weighted by atomic mass is 79.9. The predicted octanol–water partition coefficient (Wildman–Crippen LogP) is 2.27. The van der Waals surface area contributed by atoms with Gasteiger partial charge in [0.1, 0.15) is 0 Å². The highest BCUT2D eigenvalue weighted by Gasteiger charge is 1.89. The molecule has 0 spiro atoms. The summed E-state index contributed by atoms with van der Waals surface area (Å²) in [5.74, 6) is 0.266. The largest absolute Gasteiger partial charge is 0.512 e. The molecule has 1 nitrogen and oxygen atoms in total. The van der Waals surface area contributed by atoms with E-state index in [0.717, 1.165) is 0 Å². The van der Waals surface area contributed by atoms with Crippen molar-refractivity contribution in [3.63, 3.8) is 0 Å². The van der Waals surface area contributed by atoms with E-state index in [1.54, 1.807) is 13.8 Å². The number of aliphatic hydroxyl groups excluding tert-OH is 1. The highest BCUT2D eigenvalue weighted by molar-refractivity contribution is 9.11. The van der Waals surface area contributed by atoms with Crippen LogP contribution in [0.5, 0.6) is 0 Å². The maximum Gasteiger partial charge on any atom is 0.0998 e. The van der Waals surface area contributed by atoms with Crippen molar-refractivity contribution >= 4 is 15.9 Å². The Balaban J connectivity index is 3.72. The molecule has 1 N–H and O–H groups in total. The van der Waals surface area contributed by atoms with Gasteiger partial charge in [0, 0.05) is 10.9 Å². The lowest BCUT2D eigenvalue weighted by molar-refractivity contribution is 0.412. The molecule has 2 heteroatoms. The van der Waals surface area contributed by atoms with Gasteiger partial charge >= 0.3 is 0 Å². The van der Waals surface area contributed by atoms with E-state index in [0.29, 0.717) is 4.48 Å². The van der Waals surface area contributed by atoms with Gasteiger partial charge in [-0.15, -0.1) is 0 Å². The second kappa shape index (κ2) is 3.08. The highest BCUT2D eigenvalue weighted by Crippen LogP contribution is 2.11. The van der Waals surface area contributed by atoms with Crippen LogP contribution in [0.2, 0.25) is 0 Å². The van der Waals surface area contributed by atoms with Crippen LogP contribution in [0.25, 0.3) is 0 Å². The fourth-order valence-electron chi connectivity index (χ4n) is 0.181. The summed E-state index contributed by atoms with van der Waals surface area (Å²) in [6.07, 6.45) is 2.71. The molecule has 40 valence electrons. The summed E-state index contributed by atoms with van der Waals surface area (Å²) in [6.45, 7) is 3.32. The van der Waals surface area contributed by atoms with Crippen LogP contribution in [-0.2, 0) is 0 Å². The Morgan fingerprint density at radius 3 is 2.14 bits per heavy atom. The zero-order valence-electron chi connectivity index (χ0n) is 4.33. The average Bonchev–Trinajstić information content (AvgIpc) is 1.65. The molecule has 0 aliphatic rings. The third-order valence-electron chi connectivity index (χ3n) is 0.537. The molecule has 0 rings (SSSR count). The van der Waals surface area contributed by atoms with Crippen LogP contribution < -0.4 is 0 Å². The van der Waals surface area contributed by atoms with E-state index in [1.165, 1.54) is 0 Å². The van der Waals surface area contributed by atoms with Gasteiger partial charge in [-0.25, -0.2) is 0 Å². The van der Waals surface area contributed by atoms with Crippen molar-refractivity contribution in [2.24, 2.45) is 0 Å². The van der Waals surface area contributed by atoms with Gasteiger partial charge < -0.3 is 5.11 Å².